The highest BCUT2D eigenvalue weighted by atomic mass is 79.9. The van der Waals surface area contributed by atoms with Crippen LogP contribution in [0.5, 0.6) is 0 Å². The van der Waals surface area contributed by atoms with Gasteiger partial charge in [-0.15, -0.1) is 0 Å². The van der Waals surface area contributed by atoms with E-state index in [2.05, 4.69) is 96.0 Å². The van der Waals surface area contributed by atoms with Gasteiger partial charge in [0.15, 0.2) is 6.29 Å². The molecule has 1 aromatic rings. The van der Waals surface area contributed by atoms with Gasteiger partial charge in [0.05, 0.1) is 24.9 Å². The number of rotatable bonds is 4. The quantitative estimate of drug-likeness (QED) is 0.372. The molecule has 1 aliphatic heterocycles. The lowest BCUT2D eigenvalue weighted by molar-refractivity contribution is -0.111. The smallest absolute Gasteiger partial charge is 0.185 e. The van der Waals surface area contributed by atoms with Gasteiger partial charge in [0, 0.05) is 19.9 Å². The van der Waals surface area contributed by atoms with Crippen LogP contribution >= 0.6 is 31.9 Å². The fraction of sp³-hybridized carbons (Fsp3) is 0.600. The minimum absolute atomic E-state index is 0.0991. The van der Waals surface area contributed by atoms with Gasteiger partial charge in [0.2, 0.25) is 0 Å². The molecule has 164 valence electrons. The Morgan fingerprint density at radius 3 is 2.53 bits per heavy atom. The van der Waals surface area contributed by atoms with E-state index in [9.17, 15) is 0 Å². The minimum atomic E-state index is -0.289. The van der Waals surface area contributed by atoms with Crippen molar-refractivity contribution in [2.75, 3.05) is 13.2 Å². The van der Waals surface area contributed by atoms with E-state index in [1.165, 1.54) is 6.42 Å². The molecular formula is C25H32Br2O3. The van der Waals surface area contributed by atoms with Crippen LogP contribution in [0.3, 0.4) is 0 Å². The molecule has 2 aliphatic carbocycles. The molecule has 0 spiro atoms. The van der Waals surface area contributed by atoms with Crippen molar-refractivity contribution in [1.29, 1.82) is 0 Å². The maximum atomic E-state index is 6.49. The first-order chi connectivity index (χ1) is 14.2. The van der Waals surface area contributed by atoms with E-state index in [1.54, 1.807) is 0 Å². The Morgan fingerprint density at radius 2 is 1.83 bits per heavy atom. The highest BCUT2D eigenvalue weighted by Crippen LogP contribution is 2.54. The standard InChI is InChI=1S/C25H32Br2O3/c1-24(2,3)30-22-10-9-19-16(6-5-11-25(19,22)4)7-8-17-14-18(21(27)15-20(17)26)23-28-12-13-29-23/h5-8,14-16,19,22-23H,9-13H2,1-4H3/b8-7-/t16-,19-,22-,25-/m0/s1. The van der Waals surface area contributed by atoms with Gasteiger partial charge in [0.25, 0.3) is 0 Å². The molecule has 3 nitrogen and oxygen atoms in total. The molecule has 0 unspecified atom stereocenters. The second-order valence-electron chi connectivity index (χ2n) is 9.95. The number of allylic oxidation sites excluding steroid dienone is 3. The third-order valence-corrected chi connectivity index (χ3v) is 8.06. The summed E-state index contributed by atoms with van der Waals surface area (Å²) in [5, 5.41) is 0. The largest absolute Gasteiger partial charge is 0.372 e. The van der Waals surface area contributed by atoms with Gasteiger partial charge in [-0.2, -0.15) is 0 Å². The van der Waals surface area contributed by atoms with Crippen LogP contribution in [0.25, 0.3) is 6.08 Å². The van der Waals surface area contributed by atoms with Crippen molar-refractivity contribution in [3.63, 3.8) is 0 Å². The Labute approximate surface area is 197 Å². The molecule has 0 bridgehead atoms. The summed E-state index contributed by atoms with van der Waals surface area (Å²) in [5.74, 6) is 1.04. The number of hydrogen-bond acceptors (Lipinski definition) is 3. The second kappa shape index (κ2) is 8.82. The van der Waals surface area contributed by atoms with Crippen molar-refractivity contribution in [2.45, 2.75) is 65.0 Å². The summed E-state index contributed by atoms with van der Waals surface area (Å²) in [4.78, 5) is 0. The first-order valence-corrected chi connectivity index (χ1v) is 12.5. The number of hydrogen-bond donors (Lipinski definition) is 0. The van der Waals surface area contributed by atoms with E-state index >= 15 is 0 Å². The lowest BCUT2D eigenvalue weighted by Gasteiger charge is -2.43. The Bertz CT molecular complexity index is 836. The van der Waals surface area contributed by atoms with Crippen molar-refractivity contribution in [2.24, 2.45) is 17.3 Å². The lowest BCUT2D eigenvalue weighted by atomic mass is 9.66. The van der Waals surface area contributed by atoms with Gasteiger partial charge in [-0.3, -0.25) is 0 Å². The Kier molecular flexibility index (Phi) is 6.68. The van der Waals surface area contributed by atoms with Crippen LogP contribution in [0.2, 0.25) is 0 Å². The maximum Gasteiger partial charge on any atom is 0.185 e. The fourth-order valence-corrected chi connectivity index (χ4v) is 6.53. The predicted octanol–water partition coefficient (Wildman–Crippen LogP) is 7.45. The van der Waals surface area contributed by atoms with Gasteiger partial charge in [-0.1, -0.05) is 63.1 Å². The van der Waals surface area contributed by atoms with E-state index in [1.807, 2.05) is 0 Å². The van der Waals surface area contributed by atoms with Crippen molar-refractivity contribution in [3.8, 4) is 0 Å². The minimum Gasteiger partial charge on any atom is -0.372 e. The molecule has 0 N–H and O–H groups in total. The van der Waals surface area contributed by atoms with Crippen molar-refractivity contribution in [3.05, 3.63) is 50.4 Å². The average molecular weight is 540 g/mol. The third kappa shape index (κ3) is 4.66. The molecule has 4 rings (SSSR count). The summed E-state index contributed by atoms with van der Waals surface area (Å²) < 4.78 is 20.0. The number of ether oxygens (including phenoxy) is 3. The maximum absolute atomic E-state index is 6.49. The summed E-state index contributed by atoms with van der Waals surface area (Å²) in [6.07, 6.45) is 12.9. The zero-order valence-corrected chi connectivity index (χ0v) is 21.5. The Morgan fingerprint density at radius 1 is 1.10 bits per heavy atom. The molecule has 2 fully saturated rings. The zero-order chi connectivity index (χ0) is 21.5. The van der Waals surface area contributed by atoms with Crippen molar-refractivity contribution in [1.82, 2.24) is 0 Å². The predicted molar refractivity (Wildman–Crippen MR) is 128 cm³/mol. The molecule has 5 heteroatoms. The molecule has 1 saturated carbocycles. The van der Waals surface area contributed by atoms with E-state index < -0.39 is 0 Å². The van der Waals surface area contributed by atoms with Gasteiger partial charge < -0.3 is 14.2 Å². The third-order valence-electron chi connectivity index (χ3n) is 6.69. The second-order valence-corrected chi connectivity index (χ2v) is 11.7. The number of halogens is 2. The van der Waals surface area contributed by atoms with Crippen LogP contribution in [0, 0.1) is 17.3 Å². The van der Waals surface area contributed by atoms with Crippen LogP contribution in [-0.2, 0) is 14.2 Å². The highest BCUT2D eigenvalue weighted by molar-refractivity contribution is 9.11. The number of benzene rings is 1. The fourth-order valence-electron chi connectivity index (χ4n) is 5.22. The van der Waals surface area contributed by atoms with Gasteiger partial charge in [-0.05, 0) is 69.6 Å². The molecule has 1 saturated heterocycles. The topological polar surface area (TPSA) is 27.7 Å². The summed E-state index contributed by atoms with van der Waals surface area (Å²) in [6.45, 7) is 10.2. The van der Waals surface area contributed by atoms with Gasteiger partial charge >= 0.3 is 0 Å². The van der Waals surface area contributed by atoms with E-state index in [0.29, 0.717) is 31.2 Å². The molecule has 0 amide bonds. The normalized spacial score (nSPS) is 32.3. The molecule has 30 heavy (non-hydrogen) atoms. The van der Waals surface area contributed by atoms with Crippen LogP contribution in [0.4, 0.5) is 0 Å². The van der Waals surface area contributed by atoms with Gasteiger partial charge in [-0.25, -0.2) is 0 Å². The average Bonchev–Trinajstić information content (AvgIpc) is 3.29. The zero-order valence-electron chi connectivity index (χ0n) is 18.3. The molecule has 3 aliphatic rings. The highest BCUT2D eigenvalue weighted by Gasteiger charge is 2.50. The molecule has 4 atom stereocenters. The summed E-state index contributed by atoms with van der Waals surface area (Å²) in [7, 11) is 0. The Hall–Kier alpha value is -0.460. The van der Waals surface area contributed by atoms with Crippen molar-refractivity contribution < 1.29 is 14.2 Å². The Balaban J connectivity index is 1.55. The summed E-state index contributed by atoms with van der Waals surface area (Å²) >= 11 is 7.38. The van der Waals surface area contributed by atoms with Gasteiger partial charge in [0.1, 0.15) is 0 Å². The van der Waals surface area contributed by atoms with Crippen LogP contribution in [0.15, 0.2) is 39.3 Å². The summed E-state index contributed by atoms with van der Waals surface area (Å²) in [6, 6.07) is 4.25. The van der Waals surface area contributed by atoms with Crippen LogP contribution < -0.4 is 0 Å². The molecule has 1 heterocycles. The molecule has 1 aromatic carbocycles. The SMILES string of the molecule is CC(C)(C)O[C@H]1CC[C@H]2[C@H](/C=C\c3cc(C4OCCO4)c(Br)cc3Br)C=CC[C@]12C. The first kappa shape index (κ1) is 22.7. The van der Waals surface area contributed by atoms with E-state index in [4.69, 9.17) is 14.2 Å². The van der Waals surface area contributed by atoms with E-state index in [0.717, 1.165) is 32.9 Å². The van der Waals surface area contributed by atoms with Crippen molar-refractivity contribution >= 4 is 37.9 Å². The number of fused-ring (bicyclic) bond motifs is 1. The lowest BCUT2D eigenvalue weighted by Crippen LogP contribution is -2.41. The monoisotopic (exact) mass is 538 g/mol. The van der Waals surface area contributed by atoms with E-state index in [-0.39, 0.29) is 17.3 Å². The summed E-state index contributed by atoms with van der Waals surface area (Å²) in [5.41, 5.74) is 2.29. The first-order valence-electron chi connectivity index (χ1n) is 10.9. The molecule has 0 aromatic heterocycles. The molecular weight excluding hydrogens is 508 g/mol. The van der Waals surface area contributed by atoms with Crippen LogP contribution in [0.1, 0.15) is 64.4 Å². The van der Waals surface area contributed by atoms with Crippen LogP contribution in [-0.4, -0.2) is 24.9 Å². The molecule has 0 radical (unpaired) electrons.